The summed E-state index contributed by atoms with van der Waals surface area (Å²) in [7, 11) is 0.965. The number of ether oxygens (including phenoxy) is 3. The lowest BCUT2D eigenvalue weighted by atomic mass is 10.3. The van der Waals surface area contributed by atoms with Crippen LogP contribution in [-0.2, 0) is 19.4 Å². The van der Waals surface area contributed by atoms with Crippen molar-refractivity contribution in [1.82, 2.24) is 5.32 Å². The lowest BCUT2D eigenvalue weighted by Crippen LogP contribution is -2.26. The Morgan fingerprint density at radius 3 is 2.42 bits per heavy atom. The monoisotopic (exact) mass is 359 g/mol. The van der Waals surface area contributed by atoms with Gasteiger partial charge in [0.1, 0.15) is 0 Å². The quantitative estimate of drug-likeness (QED) is 0.601. The zero-order valence-electron chi connectivity index (χ0n) is 14.3. The van der Waals surface area contributed by atoms with E-state index in [2.05, 4.69) is 5.32 Å². The molecule has 1 aromatic rings. The Morgan fingerprint density at radius 1 is 1.08 bits per heavy atom. The molecular formula is C16H25NO6S. The second kappa shape index (κ2) is 10.1. The summed E-state index contributed by atoms with van der Waals surface area (Å²) >= 11 is 0. The maximum atomic E-state index is 12.3. The second-order valence-electron chi connectivity index (χ2n) is 5.14. The fourth-order valence-corrected chi connectivity index (χ4v) is 3.29. The van der Waals surface area contributed by atoms with Gasteiger partial charge in [0.2, 0.25) is 5.91 Å². The molecule has 0 atom stereocenters. The summed E-state index contributed by atoms with van der Waals surface area (Å²) in [6, 6.07) is 4.37. The Hall–Kier alpha value is -1.80. The molecule has 1 rings (SSSR count). The first-order chi connectivity index (χ1) is 11.4. The summed E-state index contributed by atoms with van der Waals surface area (Å²) in [5.74, 6) is 0.245. The number of sulfone groups is 1. The average Bonchev–Trinajstić information content (AvgIpc) is 2.59. The lowest BCUT2D eigenvalue weighted by molar-refractivity contribution is -0.120. The van der Waals surface area contributed by atoms with Crippen molar-refractivity contribution in [2.24, 2.45) is 0 Å². The summed E-state index contributed by atoms with van der Waals surface area (Å²) in [5.41, 5.74) is 0. The molecule has 0 aromatic heterocycles. The minimum atomic E-state index is -3.57. The minimum Gasteiger partial charge on any atom is -0.493 e. The van der Waals surface area contributed by atoms with Gasteiger partial charge in [-0.2, -0.15) is 0 Å². The molecule has 0 bridgehead atoms. The van der Waals surface area contributed by atoms with Crippen LogP contribution in [0.2, 0.25) is 0 Å². The van der Waals surface area contributed by atoms with E-state index in [9.17, 15) is 13.2 Å². The first kappa shape index (κ1) is 20.2. The van der Waals surface area contributed by atoms with Gasteiger partial charge in [0.05, 0.1) is 24.9 Å². The largest absolute Gasteiger partial charge is 0.493 e. The van der Waals surface area contributed by atoms with Crippen LogP contribution in [0.1, 0.15) is 19.3 Å². The topological polar surface area (TPSA) is 90.9 Å². The molecule has 0 heterocycles. The van der Waals surface area contributed by atoms with Crippen LogP contribution < -0.4 is 14.8 Å². The maximum absolute atomic E-state index is 12.3. The van der Waals surface area contributed by atoms with Crippen molar-refractivity contribution < 1.29 is 27.4 Å². The summed E-state index contributed by atoms with van der Waals surface area (Å²) in [6.45, 7) is 1.15. The van der Waals surface area contributed by atoms with Crippen LogP contribution in [0.4, 0.5) is 0 Å². The number of rotatable bonds is 11. The zero-order chi connectivity index (χ0) is 18.0. The molecule has 136 valence electrons. The molecule has 0 aliphatic heterocycles. The van der Waals surface area contributed by atoms with E-state index in [0.717, 1.165) is 12.8 Å². The number of carbonyl (C=O) groups is 1. The standard InChI is InChI=1S/C16H25NO6S/c1-21-10-5-4-9-17-16(18)8-11-24(19,20)13-6-7-14(22-2)15(12-13)23-3/h6-7,12H,4-5,8-11H2,1-3H3,(H,17,18). The fraction of sp³-hybridized carbons (Fsp3) is 0.562. The molecule has 0 saturated heterocycles. The molecule has 7 nitrogen and oxygen atoms in total. The van der Waals surface area contributed by atoms with Crippen molar-refractivity contribution in [2.45, 2.75) is 24.2 Å². The van der Waals surface area contributed by atoms with Gasteiger partial charge in [0.25, 0.3) is 0 Å². The van der Waals surface area contributed by atoms with Crippen molar-refractivity contribution >= 4 is 15.7 Å². The molecule has 1 aromatic carbocycles. The molecular weight excluding hydrogens is 334 g/mol. The van der Waals surface area contributed by atoms with Crippen molar-refractivity contribution in [2.75, 3.05) is 40.2 Å². The van der Waals surface area contributed by atoms with Gasteiger partial charge in [0.15, 0.2) is 21.3 Å². The fourth-order valence-electron chi connectivity index (χ4n) is 2.04. The van der Waals surface area contributed by atoms with E-state index >= 15 is 0 Å². The Morgan fingerprint density at radius 2 is 1.79 bits per heavy atom. The highest BCUT2D eigenvalue weighted by molar-refractivity contribution is 7.91. The normalized spacial score (nSPS) is 11.1. The third-order valence-corrected chi connectivity index (χ3v) is 5.12. The Bertz CT molecular complexity index is 629. The van der Waals surface area contributed by atoms with Gasteiger partial charge in [-0.15, -0.1) is 0 Å². The van der Waals surface area contributed by atoms with Gasteiger partial charge in [-0.1, -0.05) is 0 Å². The molecule has 8 heteroatoms. The van der Waals surface area contributed by atoms with Crippen LogP contribution in [0.15, 0.2) is 23.1 Å². The third-order valence-electron chi connectivity index (χ3n) is 3.41. The molecule has 0 saturated carbocycles. The first-order valence-electron chi connectivity index (χ1n) is 7.65. The highest BCUT2D eigenvalue weighted by Crippen LogP contribution is 2.29. The highest BCUT2D eigenvalue weighted by atomic mass is 32.2. The molecule has 0 spiro atoms. The smallest absolute Gasteiger partial charge is 0.221 e. The lowest BCUT2D eigenvalue weighted by Gasteiger charge is -2.10. The predicted molar refractivity (Wildman–Crippen MR) is 90.3 cm³/mol. The van der Waals surface area contributed by atoms with Gasteiger partial charge in [-0.25, -0.2) is 8.42 Å². The zero-order valence-corrected chi connectivity index (χ0v) is 15.1. The van der Waals surface area contributed by atoms with Crippen LogP contribution in [0.3, 0.4) is 0 Å². The second-order valence-corrected chi connectivity index (χ2v) is 7.24. The number of amides is 1. The van der Waals surface area contributed by atoms with Crippen molar-refractivity contribution in [1.29, 1.82) is 0 Å². The van der Waals surface area contributed by atoms with Gasteiger partial charge < -0.3 is 19.5 Å². The molecule has 0 radical (unpaired) electrons. The van der Waals surface area contributed by atoms with Crippen LogP contribution >= 0.6 is 0 Å². The number of benzene rings is 1. The molecule has 0 aliphatic rings. The van der Waals surface area contributed by atoms with E-state index < -0.39 is 9.84 Å². The summed E-state index contributed by atoms with van der Waals surface area (Å²) in [4.78, 5) is 11.8. The number of hydrogen-bond acceptors (Lipinski definition) is 6. The SMILES string of the molecule is COCCCCNC(=O)CCS(=O)(=O)c1ccc(OC)c(OC)c1. The van der Waals surface area contributed by atoms with Crippen LogP contribution in [-0.4, -0.2) is 54.6 Å². The Labute approximate surface area is 143 Å². The first-order valence-corrected chi connectivity index (χ1v) is 9.30. The molecule has 0 unspecified atom stereocenters. The van der Waals surface area contributed by atoms with E-state index in [0.29, 0.717) is 24.7 Å². The Balaban J connectivity index is 2.56. The van der Waals surface area contributed by atoms with E-state index in [1.807, 2.05) is 0 Å². The van der Waals surface area contributed by atoms with Gasteiger partial charge in [-0.05, 0) is 25.0 Å². The van der Waals surface area contributed by atoms with Crippen molar-refractivity contribution in [3.63, 3.8) is 0 Å². The highest BCUT2D eigenvalue weighted by Gasteiger charge is 2.18. The molecule has 1 amide bonds. The van der Waals surface area contributed by atoms with Gasteiger partial charge in [-0.3, -0.25) is 4.79 Å². The summed E-state index contributed by atoms with van der Waals surface area (Å²) < 4.78 is 39.8. The molecule has 24 heavy (non-hydrogen) atoms. The number of methoxy groups -OCH3 is 3. The van der Waals surface area contributed by atoms with E-state index in [4.69, 9.17) is 14.2 Å². The van der Waals surface area contributed by atoms with E-state index in [1.165, 1.54) is 32.4 Å². The molecule has 0 fully saturated rings. The number of unbranched alkanes of at least 4 members (excludes halogenated alkanes) is 1. The van der Waals surface area contributed by atoms with Crippen LogP contribution in [0.5, 0.6) is 11.5 Å². The van der Waals surface area contributed by atoms with Crippen molar-refractivity contribution in [3.8, 4) is 11.5 Å². The van der Waals surface area contributed by atoms with Crippen molar-refractivity contribution in [3.05, 3.63) is 18.2 Å². The van der Waals surface area contributed by atoms with Gasteiger partial charge >= 0.3 is 0 Å². The van der Waals surface area contributed by atoms with E-state index in [1.54, 1.807) is 7.11 Å². The number of hydrogen-bond donors (Lipinski definition) is 1. The number of nitrogens with one attached hydrogen (secondary N) is 1. The average molecular weight is 359 g/mol. The van der Waals surface area contributed by atoms with E-state index in [-0.39, 0.29) is 23.0 Å². The predicted octanol–water partition coefficient (Wildman–Crippen LogP) is 1.41. The summed E-state index contributed by atoms with van der Waals surface area (Å²) in [5, 5.41) is 2.70. The van der Waals surface area contributed by atoms with Gasteiger partial charge in [0, 0.05) is 32.7 Å². The molecule has 1 N–H and O–H groups in total. The maximum Gasteiger partial charge on any atom is 0.221 e. The summed E-state index contributed by atoms with van der Waals surface area (Å²) in [6.07, 6.45) is 1.56. The van der Waals surface area contributed by atoms with Crippen LogP contribution in [0.25, 0.3) is 0 Å². The Kier molecular flexibility index (Phi) is 8.56. The van der Waals surface area contributed by atoms with Crippen LogP contribution in [0, 0.1) is 0 Å². The minimum absolute atomic E-state index is 0.0824. The number of carbonyl (C=O) groups excluding carboxylic acids is 1. The molecule has 0 aliphatic carbocycles. The third kappa shape index (κ3) is 6.37.